The first-order valence-corrected chi connectivity index (χ1v) is 5.17. The molecule has 1 rings (SSSR count). The van der Waals surface area contributed by atoms with E-state index in [1.165, 1.54) is 0 Å². The normalized spacial score (nSPS) is 12.9. The summed E-state index contributed by atoms with van der Waals surface area (Å²) < 4.78 is 0. The van der Waals surface area contributed by atoms with Crippen molar-refractivity contribution in [1.29, 1.82) is 0 Å². The van der Waals surface area contributed by atoms with Crippen LogP contribution >= 0.6 is 0 Å². The average molecular weight is 210 g/mol. The van der Waals surface area contributed by atoms with Crippen molar-refractivity contribution in [1.82, 2.24) is 0 Å². The maximum Gasteiger partial charge on any atom is 0.168 e. The monoisotopic (exact) mass is 210 g/mol. The third-order valence-electron chi connectivity index (χ3n) is 2.39. The fourth-order valence-electron chi connectivity index (χ4n) is 1.72. The Morgan fingerprint density at radius 2 is 1.93 bits per heavy atom. The third kappa shape index (κ3) is 2.94. The van der Waals surface area contributed by atoms with Crippen LogP contribution in [0.25, 0.3) is 0 Å². The zero-order valence-corrected chi connectivity index (χ0v) is 9.40. The summed E-state index contributed by atoms with van der Waals surface area (Å²) in [6.45, 7) is 5.86. The van der Waals surface area contributed by atoms with Gasteiger partial charge in [0.1, 0.15) is 0 Å². The van der Waals surface area contributed by atoms with Gasteiger partial charge in [-0.1, -0.05) is 26.0 Å². The van der Waals surface area contributed by atoms with Crippen LogP contribution in [0, 0.1) is 0 Å². The third-order valence-corrected chi connectivity index (χ3v) is 2.39. The summed E-state index contributed by atoms with van der Waals surface area (Å²) in [6.07, 6.45) is 0.0448. The van der Waals surface area contributed by atoms with Gasteiger partial charge < -0.3 is 9.99 Å². The minimum Gasteiger partial charge on any atom is -0.393 e. The largest absolute Gasteiger partial charge is 0.393 e. The quantitative estimate of drug-likeness (QED) is 0.593. The second-order valence-corrected chi connectivity index (χ2v) is 4.12. The number of aliphatic hydroxyl groups is 1. The summed E-state index contributed by atoms with van der Waals surface area (Å²) in [5.41, 5.74) is 1.98. The molecule has 0 aliphatic carbocycles. The van der Waals surface area contributed by atoms with Crippen molar-refractivity contribution in [2.45, 2.75) is 39.2 Å². The van der Waals surface area contributed by atoms with E-state index in [0.29, 0.717) is 18.1 Å². The van der Waals surface area contributed by atoms with Crippen LogP contribution in [0.1, 0.15) is 37.8 Å². The van der Waals surface area contributed by atoms with Crippen LogP contribution in [0.2, 0.25) is 0 Å². The lowest BCUT2D eigenvalue weighted by Crippen LogP contribution is -2.09. The average Bonchev–Trinajstić information content (AvgIpc) is 2.16. The molecule has 3 nitrogen and oxygen atoms in total. The molecule has 0 aliphatic heterocycles. The van der Waals surface area contributed by atoms with Crippen LogP contribution in [0.4, 0.5) is 0 Å². The Labute approximate surface area is 90.3 Å². The van der Waals surface area contributed by atoms with Crippen molar-refractivity contribution in [2.24, 2.45) is 0 Å². The van der Waals surface area contributed by atoms with Gasteiger partial charge in [0.15, 0.2) is 5.75 Å². The van der Waals surface area contributed by atoms with E-state index in [-0.39, 0.29) is 0 Å². The van der Waals surface area contributed by atoms with Crippen LogP contribution in [-0.4, -0.2) is 16.5 Å². The highest BCUT2D eigenvalue weighted by Crippen LogP contribution is 2.28. The van der Waals surface area contributed by atoms with Crippen molar-refractivity contribution in [3.05, 3.63) is 29.3 Å². The van der Waals surface area contributed by atoms with Gasteiger partial charge in [-0.15, -0.1) is 0 Å². The lowest BCUT2D eigenvalue weighted by molar-refractivity contribution is -0.138. The number of hydrogen-bond donors (Lipinski definition) is 2. The maximum absolute atomic E-state index is 9.39. The summed E-state index contributed by atoms with van der Waals surface area (Å²) in [4.78, 5) is 4.33. The van der Waals surface area contributed by atoms with Crippen LogP contribution in [0.3, 0.4) is 0 Å². The molecule has 0 spiro atoms. The minimum absolute atomic E-state index is 0.342. The lowest BCUT2D eigenvalue weighted by Gasteiger charge is -2.16. The molecular weight excluding hydrogens is 192 g/mol. The van der Waals surface area contributed by atoms with Gasteiger partial charge in [0.2, 0.25) is 0 Å². The van der Waals surface area contributed by atoms with Crippen molar-refractivity contribution in [3.8, 4) is 5.75 Å². The molecule has 3 heteroatoms. The van der Waals surface area contributed by atoms with E-state index in [4.69, 9.17) is 5.26 Å². The highest BCUT2D eigenvalue weighted by atomic mass is 17.1. The van der Waals surface area contributed by atoms with E-state index < -0.39 is 6.10 Å². The molecule has 15 heavy (non-hydrogen) atoms. The Morgan fingerprint density at radius 1 is 1.27 bits per heavy atom. The van der Waals surface area contributed by atoms with Crippen LogP contribution in [0.5, 0.6) is 5.75 Å². The van der Waals surface area contributed by atoms with Gasteiger partial charge in [0.05, 0.1) is 6.10 Å². The molecule has 0 heterocycles. The highest BCUT2D eigenvalue weighted by Gasteiger charge is 2.14. The molecular formula is C12H18O3. The van der Waals surface area contributed by atoms with Crippen molar-refractivity contribution in [2.75, 3.05) is 0 Å². The fraction of sp³-hybridized carbons (Fsp3) is 0.500. The summed E-state index contributed by atoms with van der Waals surface area (Å²) in [7, 11) is 0. The first-order chi connectivity index (χ1) is 7.06. The molecule has 0 saturated carbocycles. The Morgan fingerprint density at radius 3 is 2.40 bits per heavy atom. The summed E-state index contributed by atoms with van der Waals surface area (Å²) >= 11 is 0. The number of aliphatic hydroxyl groups excluding tert-OH is 1. The van der Waals surface area contributed by atoms with Gasteiger partial charge in [-0.05, 0) is 24.5 Å². The van der Waals surface area contributed by atoms with Crippen molar-refractivity contribution < 1.29 is 15.3 Å². The van der Waals surface area contributed by atoms with E-state index in [0.717, 1.165) is 11.1 Å². The molecule has 0 fully saturated rings. The molecule has 1 aromatic carbocycles. The topological polar surface area (TPSA) is 49.7 Å². The Balaban J connectivity index is 3.14. The maximum atomic E-state index is 9.39. The van der Waals surface area contributed by atoms with Crippen LogP contribution in [-0.2, 0) is 6.42 Å². The zero-order chi connectivity index (χ0) is 11.4. The molecule has 1 aromatic rings. The molecule has 84 valence electrons. The second-order valence-electron chi connectivity index (χ2n) is 4.12. The van der Waals surface area contributed by atoms with Crippen LogP contribution in [0.15, 0.2) is 18.2 Å². The summed E-state index contributed by atoms with van der Waals surface area (Å²) in [5, 5.41) is 18.2. The number of hydrogen-bond acceptors (Lipinski definition) is 3. The number of rotatable bonds is 4. The Hall–Kier alpha value is -1.06. The molecule has 0 aromatic heterocycles. The summed E-state index contributed by atoms with van der Waals surface area (Å²) in [5.74, 6) is 0.774. The highest BCUT2D eigenvalue weighted by molar-refractivity contribution is 5.42. The van der Waals surface area contributed by atoms with Gasteiger partial charge in [-0.2, -0.15) is 0 Å². The Kier molecular flexibility index (Phi) is 4.12. The zero-order valence-electron chi connectivity index (χ0n) is 9.40. The molecule has 0 amide bonds. The molecule has 2 N–H and O–H groups in total. The predicted octanol–water partition coefficient (Wildman–Crippen LogP) is 2.59. The lowest BCUT2D eigenvalue weighted by atomic mass is 9.93. The summed E-state index contributed by atoms with van der Waals surface area (Å²) in [6, 6.07) is 5.53. The van der Waals surface area contributed by atoms with E-state index >= 15 is 0 Å². The van der Waals surface area contributed by atoms with Crippen LogP contribution < -0.4 is 4.89 Å². The molecule has 0 bridgehead atoms. The minimum atomic E-state index is -0.446. The van der Waals surface area contributed by atoms with Crippen molar-refractivity contribution >= 4 is 0 Å². The second kappa shape index (κ2) is 5.14. The molecule has 1 atom stereocenters. The van der Waals surface area contributed by atoms with E-state index in [2.05, 4.69) is 18.7 Å². The first-order valence-electron chi connectivity index (χ1n) is 5.17. The Bertz CT molecular complexity index is 319. The van der Waals surface area contributed by atoms with Crippen molar-refractivity contribution in [3.63, 3.8) is 0 Å². The van der Waals surface area contributed by atoms with Gasteiger partial charge in [0.25, 0.3) is 0 Å². The van der Waals surface area contributed by atoms with E-state index in [1.807, 2.05) is 12.1 Å². The number of benzene rings is 1. The van der Waals surface area contributed by atoms with Gasteiger partial charge >= 0.3 is 0 Å². The van der Waals surface area contributed by atoms with E-state index in [1.54, 1.807) is 13.0 Å². The molecule has 0 saturated heterocycles. The van der Waals surface area contributed by atoms with Gasteiger partial charge in [0, 0.05) is 12.0 Å². The van der Waals surface area contributed by atoms with E-state index in [9.17, 15) is 5.11 Å². The SMILES string of the molecule is CC(O)Cc1c(OO)cccc1C(C)C. The smallest absolute Gasteiger partial charge is 0.168 e. The standard InChI is InChI=1S/C12H18O3/c1-8(2)10-5-4-6-12(15-14)11(10)7-9(3)13/h4-6,8-9,13-14H,7H2,1-3H3. The molecule has 0 aliphatic rings. The van der Waals surface area contributed by atoms with Gasteiger partial charge in [-0.25, -0.2) is 5.26 Å². The van der Waals surface area contributed by atoms with Gasteiger partial charge in [-0.3, -0.25) is 0 Å². The fourth-order valence-corrected chi connectivity index (χ4v) is 1.72. The predicted molar refractivity (Wildman–Crippen MR) is 59.2 cm³/mol. The molecule has 0 radical (unpaired) electrons. The first kappa shape index (κ1) is 12.0. The molecule has 1 unspecified atom stereocenters.